The largest absolute Gasteiger partial charge is 0.340 e. The lowest BCUT2D eigenvalue weighted by Crippen LogP contribution is -2.55. The molecule has 2 saturated carbocycles. The van der Waals surface area contributed by atoms with E-state index in [0.29, 0.717) is 11.9 Å². The zero-order chi connectivity index (χ0) is 15.1. The van der Waals surface area contributed by atoms with E-state index < -0.39 is 0 Å². The summed E-state index contributed by atoms with van der Waals surface area (Å²) in [5, 5.41) is 3.45. The Bertz CT molecular complexity index is 419. The van der Waals surface area contributed by atoms with E-state index in [4.69, 9.17) is 0 Å². The van der Waals surface area contributed by atoms with Crippen LogP contribution in [0.15, 0.2) is 0 Å². The summed E-state index contributed by atoms with van der Waals surface area (Å²) in [5.41, 5.74) is 0. The molecule has 1 amide bonds. The average Bonchev–Trinajstić information content (AvgIpc) is 3.17. The van der Waals surface area contributed by atoms with Crippen LogP contribution in [0.25, 0.3) is 0 Å². The highest BCUT2D eigenvalue weighted by atomic mass is 16.2. The lowest BCUT2D eigenvalue weighted by molar-refractivity contribution is -0.139. The second-order valence-electron chi connectivity index (χ2n) is 8.18. The van der Waals surface area contributed by atoms with Gasteiger partial charge in [0.15, 0.2) is 0 Å². The summed E-state index contributed by atoms with van der Waals surface area (Å²) < 4.78 is 0. The first kappa shape index (κ1) is 14.9. The number of carbonyl (C=O) groups excluding carboxylic acids is 1. The van der Waals surface area contributed by atoms with Crippen molar-refractivity contribution in [2.45, 2.75) is 57.5 Å². The average molecular weight is 305 g/mol. The predicted octanol–water partition coefficient (Wildman–Crippen LogP) is 1.71. The number of hydrogen-bond donors (Lipinski definition) is 1. The summed E-state index contributed by atoms with van der Waals surface area (Å²) >= 11 is 0. The molecule has 4 heteroatoms. The molecular formula is C18H31N3O. The minimum atomic E-state index is 0.269. The molecule has 0 radical (unpaired) electrons. The number of fused-ring (bicyclic) bond motifs is 2. The maximum atomic E-state index is 12.7. The Balaban J connectivity index is 1.29. The maximum absolute atomic E-state index is 12.7. The molecule has 1 N–H and O–H groups in total. The molecule has 0 aromatic rings. The quantitative estimate of drug-likeness (QED) is 0.843. The van der Waals surface area contributed by atoms with Crippen molar-refractivity contribution in [2.75, 3.05) is 32.7 Å². The lowest BCUT2D eigenvalue weighted by Gasteiger charge is -2.42. The van der Waals surface area contributed by atoms with E-state index in [0.717, 1.165) is 63.4 Å². The third-order valence-corrected chi connectivity index (χ3v) is 6.77. The van der Waals surface area contributed by atoms with Crippen LogP contribution in [0.1, 0.15) is 45.4 Å². The van der Waals surface area contributed by atoms with Gasteiger partial charge in [-0.25, -0.2) is 0 Å². The van der Waals surface area contributed by atoms with E-state index in [2.05, 4.69) is 22.0 Å². The first-order valence-electron chi connectivity index (χ1n) is 9.47. The number of nitrogens with one attached hydrogen (secondary N) is 1. The van der Waals surface area contributed by atoms with E-state index in [1.165, 1.54) is 25.7 Å². The molecule has 0 aromatic carbocycles. The van der Waals surface area contributed by atoms with E-state index in [9.17, 15) is 4.79 Å². The summed E-state index contributed by atoms with van der Waals surface area (Å²) in [6.45, 7) is 7.35. The molecule has 0 aromatic heterocycles. The van der Waals surface area contributed by atoms with Crippen LogP contribution >= 0.6 is 0 Å². The zero-order valence-corrected chi connectivity index (χ0v) is 14.0. The van der Waals surface area contributed by atoms with Crippen LogP contribution in [0, 0.1) is 17.8 Å². The summed E-state index contributed by atoms with van der Waals surface area (Å²) in [6.07, 6.45) is 7.90. The topological polar surface area (TPSA) is 35.6 Å². The molecule has 2 bridgehead atoms. The molecule has 4 aliphatic rings. The van der Waals surface area contributed by atoms with Crippen LogP contribution in [-0.2, 0) is 4.79 Å². The highest BCUT2D eigenvalue weighted by molar-refractivity contribution is 5.79. The molecule has 2 heterocycles. The molecule has 4 nitrogen and oxygen atoms in total. The molecule has 2 saturated heterocycles. The molecule has 4 rings (SSSR count). The fourth-order valence-electron chi connectivity index (χ4n) is 5.55. The Labute approximate surface area is 134 Å². The number of piperidine rings is 1. The molecule has 0 spiro atoms. The van der Waals surface area contributed by atoms with E-state index >= 15 is 0 Å². The number of nitrogens with zero attached hydrogens (tertiary/aromatic N) is 2. The number of amides is 1. The van der Waals surface area contributed by atoms with Crippen LogP contribution in [0.4, 0.5) is 0 Å². The first-order chi connectivity index (χ1) is 10.7. The maximum Gasteiger partial charge on any atom is 0.225 e. The summed E-state index contributed by atoms with van der Waals surface area (Å²) in [4.78, 5) is 17.6. The molecule has 2 aliphatic carbocycles. The highest BCUT2D eigenvalue weighted by Crippen LogP contribution is 2.46. The summed E-state index contributed by atoms with van der Waals surface area (Å²) in [6, 6.07) is 1.34. The SMILES string of the molecule is C[C@H]1C[C@@H](C(=O)N2CCN(C3CC4CCC3C4)CC2)CCN1. The normalized spacial score (nSPS) is 42.8. The van der Waals surface area contributed by atoms with Crippen molar-refractivity contribution in [1.82, 2.24) is 15.1 Å². The van der Waals surface area contributed by atoms with Crippen molar-refractivity contribution in [2.24, 2.45) is 17.8 Å². The number of carbonyl (C=O) groups is 1. The van der Waals surface area contributed by atoms with Gasteiger partial charge in [0, 0.05) is 44.2 Å². The minimum Gasteiger partial charge on any atom is -0.340 e. The third-order valence-electron chi connectivity index (χ3n) is 6.77. The van der Waals surface area contributed by atoms with Crippen molar-refractivity contribution in [1.29, 1.82) is 0 Å². The number of hydrogen-bond acceptors (Lipinski definition) is 3. The van der Waals surface area contributed by atoms with Crippen LogP contribution in [0.2, 0.25) is 0 Å². The predicted molar refractivity (Wildman–Crippen MR) is 87.6 cm³/mol. The van der Waals surface area contributed by atoms with Gasteiger partial charge >= 0.3 is 0 Å². The second kappa shape index (κ2) is 6.12. The van der Waals surface area contributed by atoms with Gasteiger partial charge in [0.2, 0.25) is 5.91 Å². The monoisotopic (exact) mass is 305 g/mol. The van der Waals surface area contributed by atoms with Gasteiger partial charge in [-0.1, -0.05) is 6.42 Å². The van der Waals surface area contributed by atoms with Crippen LogP contribution in [0.3, 0.4) is 0 Å². The highest BCUT2D eigenvalue weighted by Gasteiger charge is 2.43. The lowest BCUT2D eigenvalue weighted by atomic mass is 9.91. The smallest absolute Gasteiger partial charge is 0.225 e. The molecular weight excluding hydrogens is 274 g/mol. The van der Waals surface area contributed by atoms with Gasteiger partial charge in [-0.05, 0) is 57.4 Å². The molecule has 3 unspecified atom stereocenters. The first-order valence-corrected chi connectivity index (χ1v) is 9.47. The Morgan fingerprint density at radius 2 is 1.82 bits per heavy atom. The van der Waals surface area contributed by atoms with Gasteiger partial charge in [0.25, 0.3) is 0 Å². The van der Waals surface area contributed by atoms with Gasteiger partial charge in [0.1, 0.15) is 0 Å². The number of piperazine rings is 1. The molecule has 4 fully saturated rings. The molecule has 22 heavy (non-hydrogen) atoms. The summed E-state index contributed by atoms with van der Waals surface area (Å²) in [5.74, 6) is 2.69. The Morgan fingerprint density at radius 1 is 1.00 bits per heavy atom. The van der Waals surface area contributed by atoms with Crippen molar-refractivity contribution in [3.05, 3.63) is 0 Å². The van der Waals surface area contributed by atoms with Crippen molar-refractivity contribution in [3.63, 3.8) is 0 Å². The van der Waals surface area contributed by atoms with Gasteiger partial charge in [-0.3, -0.25) is 9.69 Å². The van der Waals surface area contributed by atoms with Gasteiger partial charge in [0.05, 0.1) is 0 Å². The minimum absolute atomic E-state index is 0.269. The molecule has 124 valence electrons. The van der Waals surface area contributed by atoms with E-state index in [1.807, 2.05) is 0 Å². The van der Waals surface area contributed by atoms with Gasteiger partial charge in [-0.2, -0.15) is 0 Å². The van der Waals surface area contributed by atoms with E-state index in [1.54, 1.807) is 0 Å². The van der Waals surface area contributed by atoms with Crippen molar-refractivity contribution >= 4 is 5.91 Å². The zero-order valence-electron chi connectivity index (χ0n) is 14.0. The van der Waals surface area contributed by atoms with Crippen molar-refractivity contribution < 1.29 is 4.79 Å². The standard InChI is InChI=1S/C18H31N3O/c1-13-10-16(4-5-19-13)18(22)21-8-6-20(7-9-21)17-12-14-2-3-15(17)11-14/h13-17,19H,2-12H2,1H3/t13-,14?,15?,16-,17?/m0/s1. The third kappa shape index (κ3) is 2.80. The Hall–Kier alpha value is -0.610. The Kier molecular flexibility index (Phi) is 4.16. The van der Waals surface area contributed by atoms with Crippen LogP contribution in [0.5, 0.6) is 0 Å². The van der Waals surface area contributed by atoms with Gasteiger partial charge in [-0.15, -0.1) is 0 Å². The van der Waals surface area contributed by atoms with Crippen LogP contribution < -0.4 is 5.32 Å². The van der Waals surface area contributed by atoms with Gasteiger partial charge < -0.3 is 10.2 Å². The van der Waals surface area contributed by atoms with E-state index in [-0.39, 0.29) is 5.92 Å². The fraction of sp³-hybridized carbons (Fsp3) is 0.944. The van der Waals surface area contributed by atoms with Crippen molar-refractivity contribution in [3.8, 4) is 0 Å². The van der Waals surface area contributed by atoms with Crippen LogP contribution in [-0.4, -0.2) is 60.5 Å². The molecule has 5 atom stereocenters. The second-order valence-corrected chi connectivity index (χ2v) is 8.18. The fourth-order valence-corrected chi connectivity index (χ4v) is 5.55. The summed E-state index contributed by atoms with van der Waals surface area (Å²) in [7, 11) is 0. The molecule has 2 aliphatic heterocycles. The Morgan fingerprint density at radius 3 is 2.45 bits per heavy atom. The number of rotatable bonds is 2.